The minimum Gasteiger partial charge on any atom is -0.466 e. The minimum atomic E-state index is -0.869. The van der Waals surface area contributed by atoms with E-state index in [0.29, 0.717) is 32.9 Å². The lowest BCUT2D eigenvalue weighted by Crippen LogP contribution is -2.40. The van der Waals surface area contributed by atoms with Crippen LogP contribution in [0.1, 0.15) is 26.2 Å². The van der Waals surface area contributed by atoms with Gasteiger partial charge in [-0.05, 0) is 19.8 Å². The molecule has 1 amide bonds. The number of likely N-dealkylation sites (tertiary alicyclic amines) is 1. The zero-order valence-corrected chi connectivity index (χ0v) is 10.8. The van der Waals surface area contributed by atoms with E-state index in [1.54, 1.807) is 6.92 Å². The zero-order valence-electron chi connectivity index (χ0n) is 10.8. The highest BCUT2D eigenvalue weighted by Gasteiger charge is 2.23. The maximum Gasteiger partial charge on any atom is 0.407 e. The van der Waals surface area contributed by atoms with Gasteiger partial charge in [0.15, 0.2) is 0 Å². The number of amides is 1. The van der Waals surface area contributed by atoms with Crippen molar-refractivity contribution < 1.29 is 24.2 Å². The van der Waals surface area contributed by atoms with Crippen LogP contribution in [0.2, 0.25) is 0 Å². The summed E-state index contributed by atoms with van der Waals surface area (Å²) in [7, 11) is 0. The van der Waals surface area contributed by atoms with E-state index < -0.39 is 6.09 Å². The lowest BCUT2D eigenvalue weighted by Gasteiger charge is -2.30. The number of hydrogen-bond acceptors (Lipinski definition) is 4. The number of carboxylic acid groups (broad SMARTS) is 1. The van der Waals surface area contributed by atoms with E-state index in [1.165, 1.54) is 4.90 Å². The predicted octanol–water partition coefficient (Wildman–Crippen LogP) is 1.35. The third kappa shape index (κ3) is 5.35. The number of carbonyl (C=O) groups is 2. The van der Waals surface area contributed by atoms with E-state index in [9.17, 15) is 9.59 Å². The fourth-order valence-corrected chi connectivity index (χ4v) is 2.01. The van der Waals surface area contributed by atoms with Gasteiger partial charge in [0.25, 0.3) is 0 Å². The first-order valence-corrected chi connectivity index (χ1v) is 6.34. The Morgan fingerprint density at radius 3 is 2.89 bits per heavy atom. The standard InChI is InChI=1S/C12H21NO5/c1-2-18-11(14)5-7-17-9-10-4-3-6-13(8-10)12(15)16/h10H,2-9H2,1H3,(H,15,16). The highest BCUT2D eigenvalue weighted by Crippen LogP contribution is 2.16. The Bertz CT molecular complexity index is 282. The maximum atomic E-state index is 11.0. The molecule has 0 bridgehead atoms. The van der Waals surface area contributed by atoms with Crippen molar-refractivity contribution in [3.63, 3.8) is 0 Å². The van der Waals surface area contributed by atoms with Gasteiger partial charge in [-0.1, -0.05) is 0 Å². The normalized spacial score (nSPS) is 19.6. The molecule has 1 aliphatic rings. The number of hydrogen-bond donors (Lipinski definition) is 1. The van der Waals surface area contributed by atoms with Crippen LogP contribution in [-0.4, -0.2) is 55.0 Å². The first kappa shape index (κ1) is 14.8. The zero-order chi connectivity index (χ0) is 13.4. The number of piperidine rings is 1. The van der Waals surface area contributed by atoms with Crippen molar-refractivity contribution in [2.24, 2.45) is 5.92 Å². The number of esters is 1. The van der Waals surface area contributed by atoms with Crippen molar-refractivity contribution in [2.45, 2.75) is 26.2 Å². The van der Waals surface area contributed by atoms with Gasteiger partial charge in [0.05, 0.1) is 26.2 Å². The Labute approximate surface area is 107 Å². The second kappa shape index (κ2) is 7.92. The van der Waals surface area contributed by atoms with Crippen molar-refractivity contribution >= 4 is 12.1 Å². The lowest BCUT2D eigenvalue weighted by atomic mass is 9.99. The molecular formula is C12H21NO5. The van der Waals surface area contributed by atoms with Gasteiger partial charge in [-0.25, -0.2) is 4.79 Å². The van der Waals surface area contributed by atoms with Crippen LogP contribution in [0.25, 0.3) is 0 Å². The van der Waals surface area contributed by atoms with E-state index in [0.717, 1.165) is 12.8 Å². The van der Waals surface area contributed by atoms with Gasteiger partial charge in [-0.3, -0.25) is 4.79 Å². The molecule has 1 N–H and O–H groups in total. The largest absolute Gasteiger partial charge is 0.466 e. The highest BCUT2D eigenvalue weighted by molar-refractivity contribution is 5.69. The monoisotopic (exact) mass is 259 g/mol. The molecule has 6 nitrogen and oxygen atoms in total. The molecule has 0 aromatic carbocycles. The summed E-state index contributed by atoms with van der Waals surface area (Å²) in [4.78, 5) is 23.3. The van der Waals surface area contributed by atoms with Gasteiger partial charge in [-0.2, -0.15) is 0 Å². The van der Waals surface area contributed by atoms with Gasteiger partial charge in [0.2, 0.25) is 0 Å². The first-order chi connectivity index (χ1) is 8.63. The maximum absolute atomic E-state index is 11.0. The fraction of sp³-hybridized carbons (Fsp3) is 0.833. The summed E-state index contributed by atoms with van der Waals surface area (Å²) < 4.78 is 10.2. The molecule has 104 valence electrons. The third-order valence-electron chi connectivity index (χ3n) is 2.90. The summed E-state index contributed by atoms with van der Waals surface area (Å²) in [6.45, 7) is 4.12. The van der Waals surface area contributed by atoms with Crippen LogP contribution in [0.3, 0.4) is 0 Å². The molecule has 1 unspecified atom stereocenters. The Kier molecular flexibility index (Phi) is 6.49. The Morgan fingerprint density at radius 2 is 2.22 bits per heavy atom. The van der Waals surface area contributed by atoms with Gasteiger partial charge in [-0.15, -0.1) is 0 Å². The molecule has 1 rings (SSSR count). The molecular weight excluding hydrogens is 238 g/mol. The van der Waals surface area contributed by atoms with Crippen LogP contribution >= 0.6 is 0 Å². The lowest BCUT2D eigenvalue weighted by molar-refractivity contribution is -0.144. The average molecular weight is 259 g/mol. The second-order valence-electron chi connectivity index (χ2n) is 4.37. The molecule has 1 heterocycles. The summed E-state index contributed by atoms with van der Waals surface area (Å²) in [5.74, 6) is -0.0228. The molecule has 0 spiro atoms. The summed E-state index contributed by atoms with van der Waals surface area (Å²) in [6.07, 6.45) is 1.23. The quantitative estimate of drug-likeness (QED) is 0.575. The van der Waals surface area contributed by atoms with Crippen LogP contribution in [0.5, 0.6) is 0 Å². The molecule has 0 aliphatic carbocycles. The Morgan fingerprint density at radius 1 is 1.44 bits per heavy atom. The number of rotatable bonds is 6. The smallest absolute Gasteiger partial charge is 0.407 e. The molecule has 18 heavy (non-hydrogen) atoms. The average Bonchev–Trinajstić information content (AvgIpc) is 2.35. The van der Waals surface area contributed by atoms with E-state index in [-0.39, 0.29) is 18.3 Å². The fourth-order valence-electron chi connectivity index (χ4n) is 2.01. The molecule has 1 fully saturated rings. The molecule has 0 aromatic rings. The molecule has 1 saturated heterocycles. The van der Waals surface area contributed by atoms with Gasteiger partial charge in [0.1, 0.15) is 0 Å². The van der Waals surface area contributed by atoms with Gasteiger partial charge < -0.3 is 19.5 Å². The van der Waals surface area contributed by atoms with E-state index in [2.05, 4.69) is 0 Å². The SMILES string of the molecule is CCOC(=O)CCOCC1CCCN(C(=O)O)C1. The molecule has 1 aliphatic heterocycles. The van der Waals surface area contributed by atoms with Crippen molar-refractivity contribution in [1.82, 2.24) is 4.90 Å². The van der Waals surface area contributed by atoms with E-state index in [4.69, 9.17) is 14.6 Å². The van der Waals surface area contributed by atoms with Crippen LogP contribution in [0.15, 0.2) is 0 Å². The van der Waals surface area contributed by atoms with E-state index in [1.807, 2.05) is 0 Å². The van der Waals surface area contributed by atoms with E-state index >= 15 is 0 Å². The summed E-state index contributed by atoms with van der Waals surface area (Å²) >= 11 is 0. The van der Waals surface area contributed by atoms with Crippen molar-refractivity contribution in [2.75, 3.05) is 32.9 Å². The molecule has 1 atom stereocenters. The third-order valence-corrected chi connectivity index (χ3v) is 2.90. The van der Waals surface area contributed by atoms with Crippen molar-refractivity contribution in [3.8, 4) is 0 Å². The van der Waals surface area contributed by atoms with Crippen LogP contribution in [0, 0.1) is 5.92 Å². The van der Waals surface area contributed by atoms with Crippen molar-refractivity contribution in [3.05, 3.63) is 0 Å². The highest BCUT2D eigenvalue weighted by atomic mass is 16.5. The van der Waals surface area contributed by atoms with Gasteiger partial charge in [0, 0.05) is 19.0 Å². The Hall–Kier alpha value is -1.30. The van der Waals surface area contributed by atoms with Crippen LogP contribution < -0.4 is 0 Å². The summed E-state index contributed by atoms with van der Waals surface area (Å²) in [5.41, 5.74) is 0. The van der Waals surface area contributed by atoms with Gasteiger partial charge >= 0.3 is 12.1 Å². The molecule has 0 saturated carbocycles. The minimum absolute atomic E-state index is 0.233. The number of ether oxygens (including phenoxy) is 2. The number of carbonyl (C=O) groups excluding carboxylic acids is 1. The summed E-state index contributed by atoms with van der Waals surface area (Å²) in [6, 6.07) is 0. The molecule has 0 aromatic heterocycles. The predicted molar refractivity (Wildman–Crippen MR) is 64.4 cm³/mol. The van der Waals surface area contributed by atoms with Crippen molar-refractivity contribution in [1.29, 1.82) is 0 Å². The molecule has 0 radical (unpaired) electrons. The second-order valence-corrected chi connectivity index (χ2v) is 4.37. The van der Waals surface area contributed by atoms with Crippen LogP contribution in [0.4, 0.5) is 4.79 Å². The Balaban J connectivity index is 2.11. The number of nitrogens with zero attached hydrogens (tertiary/aromatic N) is 1. The van der Waals surface area contributed by atoms with Crippen LogP contribution in [-0.2, 0) is 14.3 Å². The topological polar surface area (TPSA) is 76.1 Å². The first-order valence-electron chi connectivity index (χ1n) is 6.34. The summed E-state index contributed by atoms with van der Waals surface area (Å²) in [5, 5.41) is 8.88. The molecule has 6 heteroatoms.